The van der Waals surface area contributed by atoms with E-state index in [2.05, 4.69) is 12.1 Å². The summed E-state index contributed by atoms with van der Waals surface area (Å²) in [6.45, 7) is 1.15. The smallest absolute Gasteiger partial charge is 0.211 e. The summed E-state index contributed by atoms with van der Waals surface area (Å²) in [5.74, 6) is 0. The standard InChI is InChI=1S/C15H27N3O2S/c1-21(19,20)18(14-10-6-2-4-8-12-16)15-11-7-3-5-9-13-17/h2-11,14-15H2,1H3. The lowest BCUT2D eigenvalue weighted by atomic mass is 10.1. The van der Waals surface area contributed by atoms with Crippen LogP contribution in [0.5, 0.6) is 0 Å². The van der Waals surface area contributed by atoms with Gasteiger partial charge >= 0.3 is 0 Å². The van der Waals surface area contributed by atoms with Crippen molar-refractivity contribution in [3.05, 3.63) is 0 Å². The summed E-state index contributed by atoms with van der Waals surface area (Å²) < 4.78 is 25.0. The van der Waals surface area contributed by atoms with Crippen molar-refractivity contribution in [1.29, 1.82) is 10.5 Å². The molecule has 0 radical (unpaired) electrons. The zero-order chi connectivity index (χ0) is 16.0. The molecule has 0 aromatic carbocycles. The highest BCUT2D eigenvalue weighted by Crippen LogP contribution is 2.09. The van der Waals surface area contributed by atoms with Gasteiger partial charge in [0.2, 0.25) is 10.0 Å². The molecule has 0 heterocycles. The predicted molar refractivity (Wildman–Crippen MR) is 83.8 cm³/mol. The van der Waals surface area contributed by atoms with Crippen molar-refractivity contribution in [2.45, 2.75) is 64.2 Å². The molecule has 0 bridgehead atoms. The SMILES string of the molecule is CS(=O)(=O)N(CCCCCCC#N)CCCCCCC#N. The molecule has 120 valence electrons. The average molecular weight is 313 g/mol. The molecule has 0 aliphatic heterocycles. The summed E-state index contributed by atoms with van der Waals surface area (Å²) in [5.41, 5.74) is 0. The summed E-state index contributed by atoms with van der Waals surface area (Å²) in [6, 6.07) is 4.23. The molecule has 5 nitrogen and oxygen atoms in total. The lowest BCUT2D eigenvalue weighted by molar-refractivity contribution is 0.388. The number of nitriles is 2. The molecule has 0 fully saturated rings. The van der Waals surface area contributed by atoms with Gasteiger partial charge in [-0.1, -0.05) is 25.7 Å². The minimum absolute atomic E-state index is 0.573. The molecule has 0 unspecified atom stereocenters. The van der Waals surface area contributed by atoms with E-state index in [9.17, 15) is 8.42 Å². The van der Waals surface area contributed by atoms with E-state index >= 15 is 0 Å². The topological polar surface area (TPSA) is 85.0 Å². The first-order chi connectivity index (χ1) is 10.0. The Morgan fingerprint density at radius 3 is 1.48 bits per heavy atom. The van der Waals surface area contributed by atoms with Crippen molar-refractivity contribution in [3.63, 3.8) is 0 Å². The van der Waals surface area contributed by atoms with Gasteiger partial charge in [0.05, 0.1) is 18.4 Å². The first kappa shape index (κ1) is 19.9. The molecule has 0 aromatic rings. The van der Waals surface area contributed by atoms with Gasteiger partial charge < -0.3 is 0 Å². The molecule has 6 heteroatoms. The van der Waals surface area contributed by atoms with Gasteiger partial charge in [0.25, 0.3) is 0 Å². The second-order valence-corrected chi connectivity index (χ2v) is 7.29. The lowest BCUT2D eigenvalue weighted by Crippen LogP contribution is -2.32. The quantitative estimate of drug-likeness (QED) is 0.489. The maximum atomic E-state index is 11.7. The van der Waals surface area contributed by atoms with Gasteiger partial charge in [0, 0.05) is 25.9 Å². The van der Waals surface area contributed by atoms with Crippen LogP contribution >= 0.6 is 0 Å². The van der Waals surface area contributed by atoms with Crippen LogP contribution in [0.2, 0.25) is 0 Å². The van der Waals surface area contributed by atoms with Gasteiger partial charge in [0.1, 0.15) is 0 Å². The number of nitrogens with zero attached hydrogens (tertiary/aromatic N) is 3. The fraction of sp³-hybridized carbons (Fsp3) is 0.867. The molecule has 0 N–H and O–H groups in total. The van der Waals surface area contributed by atoms with Crippen LogP contribution in [0.3, 0.4) is 0 Å². The highest BCUT2D eigenvalue weighted by atomic mass is 32.2. The summed E-state index contributed by atoms with van der Waals surface area (Å²) >= 11 is 0. The molecule has 0 saturated heterocycles. The number of rotatable bonds is 13. The lowest BCUT2D eigenvalue weighted by Gasteiger charge is -2.19. The Bertz CT molecular complexity index is 409. The summed E-state index contributed by atoms with van der Waals surface area (Å²) in [6.07, 6.45) is 9.84. The monoisotopic (exact) mass is 313 g/mol. The fourth-order valence-corrected chi connectivity index (χ4v) is 3.06. The predicted octanol–water partition coefficient (Wildman–Crippen LogP) is 3.20. The molecule has 0 aliphatic carbocycles. The minimum atomic E-state index is -3.13. The maximum absolute atomic E-state index is 11.7. The van der Waals surface area contributed by atoms with E-state index in [1.165, 1.54) is 6.26 Å². The molecule has 0 atom stereocenters. The minimum Gasteiger partial charge on any atom is -0.213 e. The third-order valence-corrected chi connectivity index (χ3v) is 4.66. The zero-order valence-corrected chi connectivity index (χ0v) is 13.9. The molecule has 0 saturated carbocycles. The van der Waals surface area contributed by atoms with E-state index in [4.69, 9.17) is 10.5 Å². The largest absolute Gasteiger partial charge is 0.213 e. The van der Waals surface area contributed by atoms with Gasteiger partial charge in [-0.05, 0) is 25.7 Å². The highest BCUT2D eigenvalue weighted by molar-refractivity contribution is 7.88. The van der Waals surface area contributed by atoms with Crippen LogP contribution in [0, 0.1) is 22.7 Å². The average Bonchev–Trinajstić information content (AvgIpc) is 2.42. The fourth-order valence-electron chi connectivity index (χ4n) is 2.13. The van der Waals surface area contributed by atoms with Gasteiger partial charge in [-0.25, -0.2) is 12.7 Å². The van der Waals surface area contributed by atoms with Crippen molar-refractivity contribution in [2.24, 2.45) is 0 Å². The van der Waals surface area contributed by atoms with Crippen LogP contribution in [0.15, 0.2) is 0 Å². The van der Waals surface area contributed by atoms with E-state index in [1.54, 1.807) is 4.31 Å². The number of hydrogen-bond acceptors (Lipinski definition) is 4. The summed E-state index contributed by atoms with van der Waals surface area (Å²) in [5, 5.41) is 16.9. The second kappa shape index (κ2) is 12.6. The molecule has 21 heavy (non-hydrogen) atoms. The third-order valence-electron chi connectivity index (χ3n) is 3.36. The zero-order valence-electron chi connectivity index (χ0n) is 13.1. The Balaban J connectivity index is 3.85. The number of unbranched alkanes of at least 4 members (excludes halogenated alkanes) is 8. The van der Waals surface area contributed by atoms with Crippen molar-refractivity contribution >= 4 is 10.0 Å². The molecular weight excluding hydrogens is 286 g/mol. The van der Waals surface area contributed by atoms with E-state index in [1.807, 2.05) is 0 Å². The van der Waals surface area contributed by atoms with Crippen LogP contribution in [0.1, 0.15) is 64.2 Å². The van der Waals surface area contributed by atoms with E-state index in [0.29, 0.717) is 25.9 Å². The van der Waals surface area contributed by atoms with Crippen molar-refractivity contribution in [2.75, 3.05) is 19.3 Å². The van der Waals surface area contributed by atoms with Crippen LogP contribution in [-0.4, -0.2) is 32.1 Å². The third kappa shape index (κ3) is 12.3. The Morgan fingerprint density at radius 1 is 0.762 bits per heavy atom. The van der Waals surface area contributed by atoms with Crippen molar-refractivity contribution in [1.82, 2.24) is 4.31 Å². The summed E-state index contributed by atoms with van der Waals surface area (Å²) in [4.78, 5) is 0. The van der Waals surface area contributed by atoms with Gasteiger partial charge in [0.15, 0.2) is 0 Å². The first-order valence-corrected chi connectivity index (χ1v) is 9.56. The molecular formula is C15H27N3O2S. The molecule has 0 rings (SSSR count). The molecule has 0 amide bonds. The Labute approximate surface area is 129 Å². The van der Waals surface area contributed by atoms with E-state index in [-0.39, 0.29) is 0 Å². The van der Waals surface area contributed by atoms with Gasteiger partial charge in [-0.15, -0.1) is 0 Å². The van der Waals surface area contributed by atoms with Crippen LogP contribution < -0.4 is 0 Å². The molecule has 0 spiro atoms. The Hall–Kier alpha value is -1.11. The van der Waals surface area contributed by atoms with Crippen LogP contribution in [0.4, 0.5) is 0 Å². The normalized spacial score (nSPS) is 11.2. The number of sulfonamides is 1. The Morgan fingerprint density at radius 2 is 1.14 bits per heavy atom. The van der Waals surface area contributed by atoms with E-state index in [0.717, 1.165) is 51.4 Å². The first-order valence-electron chi connectivity index (χ1n) is 7.71. The van der Waals surface area contributed by atoms with Crippen LogP contribution in [-0.2, 0) is 10.0 Å². The van der Waals surface area contributed by atoms with E-state index < -0.39 is 10.0 Å². The Kier molecular flexibility index (Phi) is 12.0. The van der Waals surface area contributed by atoms with Crippen molar-refractivity contribution in [3.8, 4) is 12.1 Å². The molecule has 0 aromatic heterocycles. The molecule has 0 aliphatic rings. The maximum Gasteiger partial charge on any atom is 0.211 e. The van der Waals surface area contributed by atoms with Gasteiger partial charge in [-0.3, -0.25) is 0 Å². The van der Waals surface area contributed by atoms with Gasteiger partial charge in [-0.2, -0.15) is 10.5 Å². The second-order valence-electron chi connectivity index (χ2n) is 5.31. The number of hydrogen-bond donors (Lipinski definition) is 0. The van der Waals surface area contributed by atoms with Crippen LogP contribution in [0.25, 0.3) is 0 Å². The van der Waals surface area contributed by atoms with Crippen molar-refractivity contribution < 1.29 is 8.42 Å². The summed E-state index contributed by atoms with van der Waals surface area (Å²) in [7, 11) is -3.13. The highest BCUT2D eigenvalue weighted by Gasteiger charge is 2.15.